The van der Waals surface area contributed by atoms with Crippen molar-refractivity contribution >= 4 is 41.2 Å². The summed E-state index contributed by atoms with van der Waals surface area (Å²) in [5.74, 6) is 2.47. The highest BCUT2D eigenvalue weighted by atomic mass is 16.4. The Morgan fingerprint density at radius 1 is 0.891 bits per heavy atom. The van der Waals surface area contributed by atoms with Gasteiger partial charge in [-0.2, -0.15) is 0 Å². The molecule has 1 unspecified atom stereocenters. The van der Waals surface area contributed by atoms with Crippen molar-refractivity contribution < 1.29 is 33.9 Å². The average molecular weight is 630 g/mol. The van der Waals surface area contributed by atoms with Crippen LogP contribution in [0.3, 0.4) is 0 Å². The van der Waals surface area contributed by atoms with E-state index in [2.05, 4.69) is 27.8 Å². The van der Waals surface area contributed by atoms with E-state index in [0.29, 0.717) is 43.6 Å². The molecule has 4 rings (SSSR count). The Labute approximate surface area is 267 Å². The first-order valence-corrected chi connectivity index (χ1v) is 15.4. The summed E-state index contributed by atoms with van der Waals surface area (Å²) < 4.78 is 0. The van der Waals surface area contributed by atoms with E-state index in [1.165, 1.54) is 4.90 Å². The minimum Gasteiger partial charge on any atom is -0.480 e. The monoisotopic (exact) mass is 629 g/mol. The van der Waals surface area contributed by atoms with Gasteiger partial charge in [-0.15, -0.1) is 0 Å². The van der Waals surface area contributed by atoms with Crippen molar-refractivity contribution in [1.29, 1.82) is 0 Å². The van der Waals surface area contributed by atoms with E-state index in [0.717, 1.165) is 11.1 Å². The number of aliphatic carboxylic acids is 1. The van der Waals surface area contributed by atoms with Crippen LogP contribution in [0.25, 0.3) is 0 Å². The number of nitrogens with zero attached hydrogens (tertiary/aromatic N) is 2. The van der Waals surface area contributed by atoms with E-state index in [1.54, 1.807) is 11.8 Å². The van der Waals surface area contributed by atoms with E-state index in [4.69, 9.17) is 0 Å². The number of rotatable bonds is 12. The molecule has 1 saturated heterocycles. The smallest absolute Gasteiger partial charge is 0.326 e. The number of benzene rings is 2. The largest absolute Gasteiger partial charge is 0.480 e. The Hall–Kier alpha value is -5.18. The van der Waals surface area contributed by atoms with Crippen molar-refractivity contribution in [3.8, 4) is 11.8 Å². The van der Waals surface area contributed by atoms with E-state index in [9.17, 15) is 33.9 Å². The molecule has 0 aromatic heterocycles. The van der Waals surface area contributed by atoms with Crippen LogP contribution in [0.5, 0.6) is 0 Å². The number of fused-ring (bicyclic) bond motifs is 2. The fraction of sp³-hybridized carbons (Fsp3) is 0.412. The van der Waals surface area contributed by atoms with Crippen LogP contribution in [0.4, 0.5) is 5.69 Å². The lowest BCUT2D eigenvalue weighted by atomic mass is 9.99. The van der Waals surface area contributed by atoms with Crippen LogP contribution in [0, 0.1) is 17.8 Å². The molecule has 4 N–H and O–H groups in total. The van der Waals surface area contributed by atoms with Gasteiger partial charge in [0.05, 0.1) is 25.3 Å². The summed E-state index contributed by atoms with van der Waals surface area (Å²) in [7, 11) is 0. The maximum absolute atomic E-state index is 13.3. The van der Waals surface area contributed by atoms with Crippen LogP contribution < -0.4 is 20.9 Å². The lowest BCUT2D eigenvalue weighted by Crippen LogP contribution is -2.54. The number of carbonyl (C=O) groups is 6. The molecule has 1 fully saturated rings. The van der Waals surface area contributed by atoms with E-state index >= 15 is 0 Å². The number of para-hydroxylation sites is 1. The molecule has 2 aliphatic heterocycles. The van der Waals surface area contributed by atoms with Crippen LogP contribution in [0.2, 0.25) is 0 Å². The normalized spacial score (nSPS) is 16.3. The third-order valence-electron chi connectivity index (χ3n) is 8.27. The summed E-state index contributed by atoms with van der Waals surface area (Å²) in [5.41, 5.74) is 3.09. The number of hydrogen-bond acceptors (Lipinski definition) is 6. The summed E-state index contributed by atoms with van der Waals surface area (Å²) in [6.07, 6.45) is 1.28. The molecule has 0 spiro atoms. The van der Waals surface area contributed by atoms with Crippen LogP contribution in [0.1, 0.15) is 62.6 Å². The Kier molecular flexibility index (Phi) is 11.5. The first-order valence-electron chi connectivity index (χ1n) is 15.4. The molecular formula is C34H39N5O7. The van der Waals surface area contributed by atoms with Gasteiger partial charge in [-0.3, -0.25) is 24.0 Å². The second kappa shape index (κ2) is 15.7. The van der Waals surface area contributed by atoms with Crippen molar-refractivity contribution in [3.05, 3.63) is 65.2 Å². The van der Waals surface area contributed by atoms with Crippen LogP contribution in [0.15, 0.2) is 48.5 Å². The molecule has 0 bridgehead atoms. The lowest BCUT2D eigenvalue weighted by molar-refractivity contribution is -0.145. The molecule has 2 aromatic carbocycles. The molecule has 3 atom stereocenters. The average Bonchev–Trinajstić information content (AvgIpc) is 3.55. The van der Waals surface area contributed by atoms with Gasteiger partial charge in [-0.05, 0) is 42.5 Å². The third-order valence-corrected chi connectivity index (χ3v) is 8.27. The maximum atomic E-state index is 13.3. The predicted octanol–water partition coefficient (Wildman–Crippen LogP) is 1.55. The highest BCUT2D eigenvalue weighted by Crippen LogP contribution is 2.26. The molecule has 5 amide bonds. The zero-order valence-electron chi connectivity index (χ0n) is 26.0. The molecule has 12 heteroatoms. The minimum atomic E-state index is -1.14. The first-order chi connectivity index (χ1) is 22.1. The van der Waals surface area contributed by atoms with Crippen molar-refractivity contribution in [3.63, 3.8) is 0 Å². The highest BCUT2D eigenvalue weighted by Gasteiger charge is 2.36. The zero-order valence-corrected chi connectivity index (χ0v) is 26.0. The molecule has 0 saturated carbocycles. The van der Waals surface area contributed by atoms with Gasteiger partial charge in [0, 0.05) is 30.5 Å². The van der Waals surface area contributed by atoms with Gasteiger partial charge in [0.25, 0.3) is 0 Å². The topological polar surface area (TPSA) is 165 Å². The van der Waals surface area contributed by atoms with Crippen LogP contribution in [-0.4, -0.2) is 77.2 Å². The van der Waals surface area contributed by atoms with Crippen LogP contribution >= 0.6 is 0 Å². The number of amides is 5. The van der Waals surface area contributed by atoms with Gasteiger partial charge in [0.15, 0.2) is 0 Å². The second-order valence-corrected chi connectivity index (χ2v) is 11.4. The first kappa shape index (κ1) is 33.7. The van der Waals surface area contributed by atoms with Gasteiger partial charge in [-0.1, -0.05) is 62.4 Å². The number of carboxylic acids is 1. The highest BCUT2D eigenvalue weighted by molar-refractivity contribution is 5.97. The minimum absolute atomic E-state index is 0.0892. The Balaban J connectivity index is 1.24. The van der Waals surface area contributed by atoms with E-state index < -0.39 is 48.2 Å². The van der Waals surface area contributed by atoms with Crippen molar-refractivity contribution in [1.82, 2.24) is 20.9 Å². The van der Waals surface area contributed by atoms with Crippen molar-refractivity contribution in [2.75, 3.05) is 24.5 Å². The number of carbonyl (C=O) groups excluding carboxylic acids is 5. The molecule has 46 heavy (non-hydrogen) atoms. The molecule has 2 aromatic rings. The van der Waals surface area contributed by atoms with Crippen molar-refractivity contribution in [2.24, 2.45) is 5.92 Å². The van der Waals surface area contributed by atoms with Gasteiger partial charge in [0.2, 0.25) is 29.5 Å². The predicted molar refractivity (Wildman–Crippen MR) is 169 cm³/mol. The van der Waals surface area contributed by atoms with Gasteiger partial charge in [0.1, 0.15) is 12.1 Å². The lowest BCUT2D eigenvalue weighted by Gasteiger charge is -2.27. The van der Waals surface area contributed by atoms with Gasteiger partial charge in [-0.25, -0.2) is 4.79 Å². The molecular weight excluding hydrogens is 590 g/mol. The summed E-state index contributed by atoms with van der Waals surface area (Å²) in [4.78, 5) is 78.5. The fourth-order valence-corrected chi connectivity index (χ4v) is 5.44. The number of hydrogen-bond donors (Lipinski definition) is 4. The maximum Gasteiger partial charge on any atom is 0.326 e. The standard InChI is InChI=1S/C34H39N5O7/c1-3-22(2)32(34(45)46)37-33(44)27-13-8-18-38(27)31(43)20-36-29(41)19-35-28(40)16-17-30(42)39-21-25-11-5-4-9-23(25)14-15-24-10-6-7-12-26(24)39/h4-7,9-12,22,27,32H,3,8,13,16-21H2,1-2H3,(H,35,40)(H,36,41)(H,37,44)(H,45,46)/t22?,27-,32-/m0/s1. The second-order valence-electron chi connectivity index (χ2n) is 11.4. The zero-order chi connectivity index (χ0) is 33.2. The Morgan fingerprint density at radius 3 is 2.30 bits per heavy atom. The molecule has 0 radical (unpaired) electrons. The quantitative estimate of drug-likeness (QED) is 0.259. The number of carboxylic acid groups (broad SMARTS) is 1. The molecule has 242 valence electrons. The van der Waals surface area contributed by atoms with Crippen LogP contribution in [-0.2, 0) is 35.3 Å². The molecule has 12 nitrogen and oxygen atoms in total. The number of nitrogens with one attached hydrogen (secondary N) is 3. The summed E-state index contributed by atoms with van der Waals surface area (Å²) in [5, 5.41) is 17.0. The van der Waals surface area contributed by atoms with Gasteiger partial charge >= 0.3 is 5.97 Å². The number of likely N-dealkylation sites (tertiary alicyclic amines) is 1. The van der Waals surface area contributed by atoms with E-state index in [1.807, 2.05) is 55.5 Å². The fourth-order valence-electron chi connectivity index (χ4n) is 5.44. The summed E-state index contributed by atoms with van der Waals surface area (Å²) in [6.45, 7) is 3.38. The van der Waals surface area contributed by atoms with Crippen molar-refractivity contribution in [2.45, 2.75) is 64.6 Å². The summed E-state index contributed by atoms with van der Waals surface area (Å²) >= 11 is 0. The third kappa shape index (κ3) is 8.50. The van der Waals surface area contributed by atoms with Gasteiger partial charge < -0.3 is 30.9 Å². The van der Waals surface area contributed by atoms with E-state index in [-0.39, 0.29) is 31.2 Å². The molecule has 0 aliphatic carbocycles. The Morgan fingerprint density at radius 2 is 1.57 bits per heavy atom. The number of anilines is 1. The summed E-state index contributed by atoms with van der Waals surface area (Å²) in [6, 6.07) is 13.0. The SMILES string of the molecule is CCC(C)[C@H](NC(=O)[C@@H]1CCCN1C(=O)CNC(=O)CNC(=O)CCC(=O)N1Cc2ccccc2C#Cc2ccccc21)C(=O)O. The molecule has 2 heterocycles. The molecule has 2 aliphatic rings. The Bertz CT molecular complexity index is 1560.